The van der Waals surface area contributed by atoms with E-state index in [0.29, 0.717) is 16.3 Å². The number of ether oxygens (including phenoxy) is 2. The summed E-state index contributed by atoms with van der Waals surface area (Å²) in [6.07, 6.45) is 5.00. The Hall–Kier alpha value is -3.76. The lowest BCUT2D eigenvalue weighted by Gasteiger charge is -2.33. The molecule has 3 aromatic carbocycles. The van der Waals surface area contributed by atoms with E-state index >= 15 is 0 Å². The molecule has 1 aliphatic carbocycles. The Balaban J connectivity index is 1.75. The molecule has 1 N–H and O–H groups in total. The average molecular weight is 642 g/mol. The van der Waals surface area contributed by atoms with Gasteiger partial charge >= 0.3 is 0 Å². The SMILES string of the molecule is COc1ccc(OC)c(N(CC(=O)N(Cc2cccc(Cl)c2)C(C)C(=O)NC2CCCCC2)S(=O)(=O)c2ccc(C)cc2)c1. The normalized spacial score (nSPS) is 14.4. The van der Waals surface area contributed by atoms with E-state index in [1.54, 1.807) is 49.4 Å². The topological polar surface area (TPSA) is 105 Å². The Morgan fingerprint density at radius 1 is 0.977 bits per heavy atom. The first-order valence-electron chi connectivity index (χ1n) is 14.7. The summed E-state index contributed by atoms with van der Waals surface area (Å²) in [6.45, 7) is 2.97. The maximum absolute atomic E-state index is 14.3. The van der Waals surface area contributed by atoms with Crippen LogP contribution in [0.1, 0.15) is 50.2 Å². The van der Waals surface area contributed by atoms with Crippen molar-refractivity contribution in [1.82, 2.24) is 10.2 Å². The summed E-state index contributed by atoms with van der Waals surface area (Å²) >= 11 is 6.25. The van der Waals surface area contributed by atoms with Crippen molar-refractivity contribution in [2.75, 3.05) is 25.1 Å². The minimum atomic E-state index is -4.28. The number of nitrogens with one attached hydrogen (secondary N) is 1. The molecule has 2 amide bonds. The van der Waals surface area contributed by atoms with E-state index in [-0.39, 0.29) is 34.8 Å². The monoisotopic (exact) mass is 641 g/mol. The third-order valence-electron chi connectivity index (χ3n) is 7.90. The number of hydrogen-bond donors (Lipinski definition) is 1. The molecule has 4 rings (SSSR count). The number of sulfonamides is 1. The van der Waals surface area contributed by atoms with Gasteiger partial charge in [-0.2, -0.15) is 0 Å². The van der Waals surface area contributed by atoms with Crippen molar-refractivity contribution < 1.29 is 27.5 Å². The van der Waals surface area contributed by atoms with Gasteiger partial charge in [0, 0.05) is 23.7 Å². The first kappa shape index (κ1) is 33.1. The molecule has 1 atom stereocenters. The summed E-state index contributed by atoms with van der Waals surface area (Å²) in [5, 5.41) is 3.59. The summed E-state index contributed by atoms with van der Waals surface area (Å²) in [6, 6.07) is 17.3. The van der Waals surface area contributed by atoms with Gasteiger partial charge in [0.2, 0.25) is 11.8 Å². The van der Waals surface area contributed by atoms with Gasteiger partial charge in [-0.3, -0.25) is 13.9 Å². The van der Waals surface area contributed by atoms with Crippen LogP contribution in [-0.2, 0) is 26.2 Å². The predicted molar refractivity (Wildman–Crippen MR) is 172 cm³/mol. The third kappa shape index (κ3) is 8.04. The van der Waals surface area contributed by atoms with Crippen LogP contribution in [0.15, 0.2) is 71.6 Å². The Kier molecular flexibility index (Phi) is 11.2. The zero-order valence-corrected chi connectivity index (χ0v) is 27.2. The highest BCUT2D eigenvalue weighted by molar-refractivity contribution is 7.92. The number of hydrogen-bond acceptors (Lipinski definition) is 6. The molecule has 1 saturated carbocycles. The van der Waals surface area contributed by atoms with Gasteiger partial charge in [-0.15, -0.1) is 0 Å². The molecular formula is C33H40ClN3O6S. The molecule has 0 aliphatic heterocycles. The lowest BCUT2D eigenvalue weighted by molar-refractivity contribution is -0.139. The summed E-state index contributed by atoms with van der Waals surface area (Å²) in [5.41, 5.74) is 1.72. The van der Waals surface area contributed by atoms with Crippen molar-refractivity contribution >= 4 is 39.1 Å². The number of aryl methyl sites for hydroxylation is 1. The van der Waals surface area contributed by atoms with E-state index in [2.05, 4.69) is 5.32 Å². The number of anilines is 1. The number of halogens is 1. The molecule has 11 heteroatoms. The number of carbonyl (C=O) groups is 2. The molecule has 1 unspecified atom stereocenters. The van der Waals surface area contributed by atoms with Crippen molar-refractivity contribution in [2.45, 2.75) is 69.5 Å². The van der Waals surface area contributed by atoms with Crippen LogP contribution in [0.2, 0.25) is 5.02 Å². The third-order valence-corrected chi connectivity index (χ3v) is 9.91. The van der Waals surface area contributed by atoms with Crippen LogP contribution in [0.5, 0.6) is 11.5 Å². The second kappa shape index (κ2) is 14.8. The molecule has 1 fully saturated rings. The lowest BCUT2D eigenvalue weighted by atomic mass is 9.95. The summed E-state index contributed by atoms with van der Waals surface area (Å²) in [4.78, 5) is 29.2. The molecular weight excluding hydrogens is 602 g/mol. The van der Waals surface area contributed by atoms with Crippen LogP contribution in [0, 0.1) is 6.92 Å². The molecule has 236 valence electrons. The molecule has 1 aliphatic rings. The van der Waals surface area contributed by atoms with Gasteiger partial charge in [-0.05, 0) is 68.7 Å². The summed E-state index contributed by atoms with van der Waals surface area (Å²) in [7, 11) is -1.39. The largest absolute Gasteiger partial charge is 0.497 e. The van der Waals surface area contributed by atoms with Crippen molar-refractivity contribution in [3.63, 3.8) is 0 Å². The zero-order chi connectivity index (χ0) is 31.9. The van der Waals surface area contributed by atoms with Crippen LogP contribution in [0.4, 0.5) is 5.69 Å². The van der Waals surface area contributed by atoms with Crippen molar-refractivity contribution in [1.29, 1.82) is 0 Å². The van der Waals surface area contributed by atoms with Gasteiger partial charge in [0.25, 0.3) is 10.0 Å². The maximum Gasteiger partial charge on any atom is 0.264 e. The fourth-order valence-electron chi connectivity index (χ4n) is 5.33. The minimum Gasteiger partial charge on any atom is -0.497 e. The Labute approximate surface area is 265 Å². The zero-order valence-electron chi connectivity index (χ0n) is 25.6. The molecule has 0 saturated heterocycles. The quantitative estimate of drug-likeness (QED) is 0.271. The smallest absolute Gasteiger partial charge is 0.264 e. The van der Waals surface area contributed by atoms with E-state index < -0.39 is 28.5 Å². The van der Waals surface area contributed by atoms with Crippen LogP contribution < -0.4 is 19.1 Å². The van der Waals surface area contributed by atoms with Crippen molar-refractivity contribution in [2.24, 2.45) is 0 Å². The number of rotatable bonds is 12. The number of methoxy groups -OCH3 is 2. The highest BCUT2D eigenvalue weighted by Crippen LogP contribution is 2.36. The van der Waals surface area contributed by atoms with Crippen LogP contribution in [-0.4, -0.2) is 58.0 Å². The molecule has 0 bridgehead atoms. The average Bonchev–Trinajstić information content (AvgIpc) is 3.02. The number of benzene rings is 3. The maximum atomic E-state index is 14.3. The lowest BCUT2D eigenvalue weighted by Crippen LogP contribution is -2.53. The minimum absolute atomic E-state index is 0.00486. The van der Waals surface area contributed by atoms with E-state index in [9.17, 15) is 18.0 Å². The highest BCUT2D eigenvalue weighted by Gasteiger charge is 2.34. The Morgan fingerprint density at radius 3 is 2.32 bits per heavy atom. The molecule has 0 spiro atoms. The van der Waals surface area contributed by atoms with Gasteiger partial charge in [0.15, 0.2) is 0 Å². The second-order valence-corrected chi connectivity index (χ2v) is 13.3. The number of amides is 2. The van der Waals surface area contributed by atoms with Gasteiger partial charge < -0.3 is 19.7 Å². The van der Waals surface area contributed by atoms with Crippen molar-refractivity contribution in [3.8, 4) is 11.5 Å². The van der Waals surface area contributed by atoms with Crippen molar-refractivity contribution in [3.05, 3.63) is 82.9 Å². The summed E-state index contributed by atoms with van der Waals surface area (Å²) < 4.78 is 40.3. The Bertz CT molecular complexity index is 1560. The Morgan fingerprint density at radius 2 is 1.68 bits per heavy atom. The van der Waals surface area contributed by atoms with Crippen LogP contribution in [0.3, 0.4) is 0 Å². The second-order valence-electron chi connectivity index (χ2n) is 11.0. The van der Waals surface area contributed by atoms with Gasteiger partial charge in [0.05, 0.1) is 24.8 Å². The molecule has 0 radical (unpaired) electrons. The first-order valence-corrected chi connectivity index (χ1v) is 16.5. The van der Waals surface area contributed by atoms with E-state index in [4.69, 9.17) is 21.1 Å². The van der Waals surface area contributed by atoms with Gasteiger partial charge in [-0.25, -0.2) is 8.42 Å². The molecule has 44 heavy (non-hydrogen) atoms. The highest BCUT2D eigenvalue weighted by atomic mass is 35.5. The van der Waals surface area contributed by atoms with E-state index in [1.165, 1.54) is 37.3 Å². The first-order chi connectivity index (χ1) is 21.0. The van der Waals surface area contributed by atoms with E-state index in [0.717, 1.165) is 42.0 Å². The molecule has 3 aromatic rings. The summed E-state index contributed by atoms with van der Waals surface area (Å²) in [5.74, 6) is -0.247. The fourth-order valence-corrected chi connectivity index (χ4v) is 6.96. The molecule has 0 heterocycles. The molecule has 0 aromatic heterocycles. The fraction of sp³-hybridized carbons (Fsp3) is 0.394. The van der Waals surface area contributed by atoms with Crippen LogP contribution >= 0.6 is 11.6 Å². The van der Waals surface area contributed by atoms with Crippen LogP contribution in [0.25, 0.3) is 0 Å². The van der Waals surface area contributed by atoms with Gasteiger partial charge in [-0.1, -0.05) is 60.7 Å². The van der Waals surface area contributed by atoms with E-state index in [1.807, 2.05) is 13.0 Å². The predicted octanol–water partition coefficient (Wildman–Crippen LogP) is 5.73. The number of carbonyl (C=O) groups excluding carboxylic acids is 2. The standard InChI is InChI=1S/C33H40ClN3O6S/c1-23-13-16-29(17-14-23)44(40,41)37(30-20-28(42-3)15-18-31(30)43-4)22-32(38)36(21-25-9-8-10-26(34)19-25)24(2)33(39)35-27-11-6-5-7-12-27/h8-10,13-20,24,27H,5-7,11-12,21-22H2,1-4H3,(H,35,39). The number of nitrogens with zero attached hydrogens (tertiary/aromatic N) is 2. The molecule has 9 nitrogen and oxygen atoms in total. The van der Waals surface area contributed by atoms with Gasteiger partial charge in [0.1, 0.15) is 24.1 Å².